The van der Waals surface area contributed by atoms with Crippen molar-refractivity contribution in [3.8, 4) is 0 Å². The van der Waals surface area contributed by atoms with Crippen LogP contribution in [0.4, 0.5) is 5.82 Å². The number of anilines is 1. The summed E-state index contributed by atoms with van der Waals surface area (Å²) >= 11 is 0. The van der Waals surface area contributed by atoms with E-state index in [2.05, 4.69) is 34.5 Å². The Balaban J connectivity index is 2.36. The zero-order valence-electron chi connectivity index (χ0n) is 10.6. The average Bonchev–Trinajstić information content (AvgIpc) is 2.78. The monoisotopic (exact) mass is 250 g/mol. The molecule has 98 valence electrons. The van der Waals surface area contributed by atoms with Crippen molar-refractivity contribution in [2.75, 3.05) is 11.9 Å². The molecule has 0 atom stereocenters. The van der Waals surface area contributed by atoms with Crippen molar-refractivity contribution in [3.05, 3.63) is 22.6 Å². The van der Waals surface area contributed by atoms with Crippen LogP contribution in [0.3, 0.4) is 0 Å². The van der Waals surface area contributed by atoms with Crippen LogP contribution in [0, 0.1) is 0 Å². The van der Waals surface area contributed by atoms with Gasteiger partial charge in [-0.15, -0.1) is 5.10 Å². The first-order valence-corrected chi connectivity index (χ1v) is 6.07. The number of aromatic amines is 1. The van der Waals surface area contributed by atoms with Crippen LogP contribution in [-0.4, -0.2) is 31.9 Å². The summed E-state index contributed by atoms with van der Waals surface area (Å²) in [5, 5.41) is 13.7. The van der Waals surface area contributed by atoms with Crippen molar-refractivity contribution in [2.24, 2.45) is 5.73 Å². The van der Waals surface area contributed by atoms with Crippen LogP contribution in [0.1, 0.15) is 26.7 Å². The van der Waals surface area contributed by atoms with Crippen molar-refractivity contribution in [1.82, 2.24) is 19.8 Å². The number of rotatable bonds is 5. The van der Waals surface area contributed by atoms with Gasteiger partial charge in [0.15, 0.2) is 5.65 Å². The Hall–Kier alpha value is -1.89. The largest absolute Gasteiger partial charge is 0.364 e. The molecule has 4 N–H and O–H groups in total. The Bertz CT molecular complexity index is 574. The first kappa shape index (κ1) is 12.6. The van der Waals surface area contributed by atoms with Crippen LogP contribution >= 0.6 is 0 Å². The first-order valence-electron chi connectivity index (χ1n) is 6.07. The zero-order valence-corrected chi connectivity index (χ0v) is 10.6. The van der Waals surface area contributed by atoms with Gasteiger partial charge >= 0.3 is 5.69 Å². The minimum Gasteiger partial charge on any atom is -0.362 e. The molecule has 0 bridgehead atoms. The van der Waals surface area contributed by atoms with E-state index in [-0.39, 0.29) is 11.2 Å². The summed E-state index contributed by atoms with van der Waals surface area (Å²) < 4.78 is 1.23. The van der Waals surface area contributed by atoms with Crippen molar-refractivity contribution in [2.45, 2.75) is 32.2 Å². The molecule has 0 unspecified atom stereocenters. The van der Waals surface area contributed by atoms with Gasteiger partial charge < -0.3 is 11.1 Å². The minimum atomic E-state index is -0.347. The van der Waals surface area contributed by atoms with Crippen LogP contribution in [0.15, 0.2) is 16.9 Å². The van der Waals surface area contributed by atoms with Crippen molar-refractivity contribution in [1.29, 1.82) is 0 Å². The molecule has 2 aromatic heterocycles. The van der Waals surface area contributed by atoms with E-state index in [1.807, 2.05) is 0 Å². The van der Waals surface area contributed by atoms with Gasteiger partial charge in [0.05, 0.1) is 5.54 Å². The number of nitrogens with two attached hydrogens (primary N) is 1. The number of fused-ring (bicyclic) bond motifs is 1. The molecule has 0 aliphatic carbocycles. The molecule has 0 spiro atoms. The lowest BCUT2D eigenvalue weighted by Crippen LogP contribution is -2.44. The fourth-order valence-corrected chi connectivity index (χ4v) is 1.91. The molecule has 7 heteroatoms. The number of nitrogens with one attached hydrogen (secondary N) is 2. The average molecular weight is 250 g/mol. The van der Waals surface area contributed by atoms with Crippen LogP contribution in [-0.2, 0) is 0 Å². The van der Waals surface area contributed by atoms with Gasteiger partial charge in [-0.25, -0.2) is 9.89 Å². The fourth-order valence-electron chi connectivity index (χ4n) is 1.91. The maximum atomic E-state index is 11.4. The SMILES string of the molecule is CCC(CC)(CN)Nc1ccc2n[nH]c(=O)n2n1. The molecule has 0 aromatic carbocycles. The standard InChI is InChI=1S/C11H18N6O/c1-3-11(4-2,7-12)13-8-5-6-9-14-15-10(18)17(9)16-8/h5-6H,3-4,7,12H2,1-2H3,(H,13,16)(H,15,18). The Morgan fingerprint density at radius 3 is 2.78 bits per heavy atom. The van der Waals surface area contributed by atoms with Gasteiger partial charge in [-0.2, -0.15) is 9.61 Å². The maximum Gasteiger partial charge on any atom is 0.364 e. The van der Waals surface area contributed by atoms with Crippen LogP contribution < -0.4 is 16.7 Å². The molecular formula is C11H18N6O. The topological polar surface area (TPSA) is 101 Å². The lowest BCUT2D eigenvalue weighted by molar-refractivity contribution is 0.443. The normalized spacial score (nSPS) is 11.9. The molecule has 7 nitrogen and oxygen atoms in total. The third kappa shape index (κ3) is 2.08. The molecule has 0 amide bonds. The molecule has 0 saturated heterocycles. The quantitative estimate of drug-likeness (QED) is 0.710. The van der Waals surface area contributed by atoms with Gasteiger partial charge in [0.1, 0.15) is 5.82 Å². The Kier molecular flexibility index (Phi) is 3.33. The third-order valence-corrected chi connectivity index (χ3v) is 3.41. The molecular weight excluding hydrogens is 232 g/mol. The van der Waals surface area contributed by atoms with Gasteiger partial charge in [-0.05, 0) is 25.0 Å². The minimum absolute atomic E-state index is 0.186. The lowest BCUT2D eigenvalue weighted by atomic mass is 9.93. The van der Waals surface area contributed by atoms with E-state index in [0.717, 1.165) is 12.8 Å². The number of aromatic nitrogens is 4. The van der Waals surface area contributed by atoms with Gasteiger partial charge in [-0.1, -0.05) is 13.8 Å². The highest BCUT2D eigenvalue weighted by atomic mass is 16.2. The van der Waals surface area contributed by atoms with E-state index >= 15 is 0 Å². The highest BCUT2D eigenvalue weighted by molar-refractivity contribution is 5.44. The smallest absolute Gasteiger partial charge is 0.362 e. The van der Waals surface area contributed by atoms with Crippen LogP contribution in [0.25, 0.3) is 5.65 Å². The molecule has 0 fully saturated rings. The number of H-pyrrole nitrogens is 1. The van der Waals surface area contributed by atoms with Crippen molar-refractivity contribution >= 4 is 11.5 Å². The lowest BCUT2D eigenvalue weighted by Gasteiger charge is -2.31. The second-order valence-electron chi connectivity index (χ2n) is 4.33. The first-order chi connectivity index (χ1) is 8.64. The summed E-state index contributed by atoms with van der Waals surface area (Å²) in [5.74, 6) is 0.625. The molecule has 0 aliphatic heterocycles. The summed E-state index contributed by atoms with van der Waals surface area (Å²) in [4.78, 5) is 11.4. The van der Waals surface area contributed by atoms with Gasteiger partial charge in [0.25, 0.3) is 0 Å². The van der Waals surface area contributed by atoms with Crippen LogP contribution in [0.2, 0.25) is 0 Å². The summed E-state index contributed by atoms with van der Waals surface area (Å²) in [6.07, 6.45) is 1.78. The van der Waals surface area contributed by atoms with E-state index in [1.165, 1.54) is 4.52 Å². The summed E-state index contributed by atoms with van der Waals surface area (Å²) in [6, 6.07) is 3.53. The molecule has 2 heterocycles. The van der Waals surface area contributed by atoms with E-state index < -0.39 is 0 Å². The number of hydrogen-bond donors (Lipinski definition) is 3. The van der Waals surface area contributed by atoms with Crippen molar-refractivity contribution < 1.29 is 0 Å². The molecule has 2 aromatic rings. The van der Waals surface area contributed by atoms with Gasteiger partial charge in [-0.3, -0.25) is 0 Å². The van der Waals surface area contributed by atoms with E-state index in [1.54, 1.807) is 12.1 Å². The molecule has 2 rings (SSSR count). The second kappa shape index (κ2) is 4.77. The number of hydrogen-bond acceptors (Lipinski definition) is 5. The van der Waals surface area contributed by atoms with E-state index in [9.17, 15) is 4.79 Å². The van der Waals surface area contributed by atoms with Crippen LogP contribution in [0.5, 0.6) is 0 Å². The Labute approximate surface area is 104 Å². The van der Waals surface area contributed by atoms with Gasteiger partial charge in [0, 0.05) is 6.54 Å². The molecule has 0 saturated carbocycles. The highest BCUT2D eigenvalue weighted by Crippen LogP contribution is 2.19. The predicted molar refractivity (Wildman–Crippen MR) is 69.6 cm³/mol. The summed E-state index contributed by atoms with van der Waals surface area (Å²) in [7, 11) is 0. The predicted octanol–water partition coefficient (Wildman–Crippen LogP) is 0.347. The van der Waals surface area contributed by atoms with E-state index in [0.29, 0.717) is 18.0 Å². The maximum absolute atomic E-state index is 11.4. The molecule has 18 heavy (non-hydrogen) atoms. The fraction of sp³-hybridized carbons (Fsp3) is 0.545. The van der Waals surface area contributed by atoms with E-state index in [4.69, 9.17) is 5.73 Å². The molecule has 0 radical (unpaired) electrons. The van der Waals surface area contributed by atoms with Crippen molar-refractivity contribution in [3.63, 3.8) is 0 Å². The van der Waals surface area contributed by atoms with Gasteiger partial charge in [0.2, 0.25) is 0 Å². The summed E-state index contributed by atoms with van der Waals surface area (Å²) in [5.41, 5.74) is 5.79. The molecule has 0 aliphatic rings. The number of nitrogens with zero attached hydrogens (tertiary/aromatic N) is 3. The Morgan fingerprint density at radius 1 is 1.44 bits per heavy atom. The highest BCUT2D eigenvalue weighted by Gasteiger charge is 2.24. The Morgan fingerprint density at radius 2 is 2.17 bits per heavy atom. The summed E-state index contributed by atoms with van der Waals surface area (Å²) in [6.45, 7) is 4.66. The zero-order chi connectivity index (χ0) is 13.2. The second-order valence-corrected chi connectivity index (χ2v) is 4.33. The third-order valence-electron chi connectivity index (χ3n) is 3.41.